The van der Waals surface area contributed by atoms with E-state index < -0.39 is 17.7 Å². The van der Waals surface area contributed by atoms with Crippen molar-refractivity contribution in [3.8, 4) is 28.1 Å². The van der Waals surface area contributed by atoms with Crippen LogP contribution in [-0.4, -0.2) is 62.7 Å². The molecule has 0 saturated carbocycles. The number of carbonyl (C=O) groups is 1. The number of ether oxygens (including phenoxy) is 3. The molecule has 10 heteroatoms. The molecule has 256 valence electrons. The van der Waals surface area contributed by atoms with Crippen molar-refractivity contribution >= 4 is 29.0 Å². The highest BCUT2D eigenvalue weighted by Gasteiger charge is 2.38. The number of benzene rings is 2. The number of nitrogens with zero attached hydrogens (tertiary/aromatic N) is 4. The number of aryl methyl sites for hydroxylation is 2. The van der Waals surface area contributed by atoms with E-state index in [9.17, 15) is 9.90 Å². The molecule has 0 amide bonds. The van der Waals surface area contributed by atoms with Crippen LogP contribution in [0.2, 0.25) is 5.02 Å². The standard InChI is InChI=1S/C38H47ClN4O5/c1-23-19-28-26-12-10-13-27(20-26)30-22-32-40-25(3)33(34(36(44)45)48-37(4,5)6)35(43(32)41-30)42-16-14-38(7,15-17-42)46-18-9-8-11-24(2)47-31(28)21-29(23)39/h10,12-13,19-22,24,34H,8-9,11,14-18H2,1-7H3,(H,44,45)/t24-,34-/m0/s1. The number of carboxylic acid groups (broad SMARTS) is 1. The summed E-state index contributed by atoms with van der Waals surface area (Å²) in [6, 6.07) is 14.2. The molecule has 3 aliphatic heterocycles. The predicted octanol–water partition coefficient (Wildman–Crippen LogP) is 8.60. The zero-order valence-electron chi connectivity index (χ0n) is 29.1. The quantitative estimate of drug-likeness (QED) is 0.231. The van der Waals surface area contributed by atoms with Gasteiger partial charge in [0.1, 0.15) is 11.6 Å². The fraction of sp³-hybridized carbons (Fsp3) is 0.500. The van der Waals surface area contributed by atoms with Crippen LogP contribution in [0.15, 0.2) is 42.5 Å². The lowest BCUT2D eigenvalue weighted by Gasteiger charge is -2.41. The first-order valence-electron chi connectivity index (χ1n) is 17.0. The van der Waals surface area contributed by atoms with Crippen molar-refractivity contribution in [1.29, 1.82) is 0 Å². The smallest absolute Gasteiger partial charge is 0.337 e. The molecule has 0 spiro atoms. The van der Waals surface area contributed by atoms with Crippen molar-refractivity contribution in [2.24, 2.45) is 0 Å². The molecule has 5 heterocycles. The number of halogens is 1. The van der Waals surface area contributed by atoms with E-state index in [1.54, 1.807) is 4.52 Å². The van der Waals surface area contributed by atoms with Crippen molar-refractivity contribution in [2.75, 3.05) is 24.6 Å². The average Bonchev–Trinajstić information content (AvgIpc) is 3.44. The fourth-order valence-corrected chi connectivity index (χ4v) is 6.90. The molecule has 2 aromatic carbocycles. The van der Waals surface area contributed by atoms with E-state index in [2.05, 4.69) is 36.9 Å². The third-order valence-corrected chi connectivity index (χ3v) is 9.80. The molecule has 0 aliphatic carbocycles. The van der Waals surface area contributed by atoms with Gasteiger partial charge in [-0.15, -0.1) is 0 Å². The predicted molar refractivity (Wildman–Crippen MR) is 189 cm³/mol. The molecule has 2 aromatic heterocycles. The van der Waals surface area contributed by atoms with Gasteiger partial charge in [0.15, 0.2) is 11.8 Å². The Morgan fingerprint density at radius 1 is 1.10 bits per heavy atom. The van der Waals surface area contributed by atoms with Crippen molar-refractivity contribution in [2.45, 2.75) is 104 Å². The minimum atomic E-state index is -1.23. The Kier molecular flexibility index (Phi) is 9.50. The van der Waals surface area contributed by atoms with Crippen molar-refractivity contribution in [1.82, 2.24) is 14.6 Å². The first-order chi connectivity index (χ1) is 22.7. The van der Waals surface area contributed by atoms with Gasteiger partial charge in [-0.25, -0.2) is 9.78 Å². The minimum absolute atomic E-state index is 0.00684. The van der Waals surface area contributed by atoms with Gasteiger partial charge in [0.05, 0.1) is 28.6 Å². The summed E-state index contributed by atoms with van der Waals surface area (Å²) in [5, 5.41) is 16.3. The Morgan fingerprint density at radius 3 is 2.54 bits per heavy atom. The summed E-state index contributed by atoms with van der Waals surface area (Å²) in [4.78, 5) is 20.0. The maximum Gasteiger partial charge on any atom is 0.337 e. The number of hydrogen-bond acceptors (Lipinski definition) is 7. The second kappa shape index (κ2) is 13.3. The number of fused-ring (bicyclic) bond motifs is 8. The van der Waals surface area contributed by atoms with E-state index in [-0.39, 0.29) is 11.7 Å². The van der Waals surface area contributed by atoms with E-state index in [1.807, 2.05) is 58.9 Å². The molecule has 2 atom stereocenters. The number of rotatable bonds is 3. The molecule has 9 nitrogen and oxygen atoms in total. The number of aliphatic carboxylic acids is 1. The van der Waals surface area contributed by atoms with Crippen LogP contribution in [0.5, 0.6) is 5.75 Å². The maximum absolute atomic E-state index is 12.8. The summed E-state index contributed by atoms with van der Waals surface area (Å²) in [5.41, 5.74) is 5.34. The highest BCUT2D eigenvalue weighted by Crippen LogP contribution is 2.40. The largest absolute Gasteiger partial charge is 0.490 e. The molecule has 3 aliphatic rings. The molecule has 0 unspecified atom stereocenters. The molecular weight excluding hydrogens is 628 g/mol. The van der Waals surface area contributed by atoms with Gasteiger partial charge < -0.3 is 24.2 Å². The number of anilines is 1. The van der Waals surface area contributed by atoms with Gasteiger partial charge in [-0.2, -0.15) is 9.61 Å². The zero-order chi connectivity index (χ0) is 34.4. The lowest BCUT2D eigenvalue weighted by Crippen LogP contribution is -2.46. The highest BCUT2D eigenvalue weighted by molar-refractivity contribution is 6.31. The Hall–Kier alpha value is -3.66. The van der Waals surface area contributed by atoms with Crippen molar-refractivity contribution in [3.05, 3.63) is 64.3 Å². The molecule has 6 bridgehead atoms. The summed E-state index contributed by atoms with van der Waals surface area (Å²) < 4.78 is 21.1. The SMILES string of the molecule is Cc1cc2c(cc1Cl)O[C@@H](C)CCCCOC1(C)CCN(CC1)c1c([C@H](OC(C)(C)C)C(=O)O)c(C)nc3cc(nn13)-c1cccc-2c1. The molecule has 4 aromatic rings. The zero-order valence-corrected chi connectivity index (χ0v) is 29.9. The first-order valence-corrected chi connectivity index (χ1v) is 17.4. The molecule has 48 heavy (non-hydrogen) atoms. The summed E-state index contributed by atoms with van der Waals surface area (Å²) in [6.07, 6.45) is 3.18. The second-order valence-electron chi connectivity index (χ2n) is 14.6. The summed E-state index contributed by atoms with van der Waals surface area (Å²) >= 11 is 6.61. The summed E-state index contributed by atoms with van der Waals surface area (Å²) in [5.74, 6) is 0.384. The lowest BCUT2D eigenvalue weighted by atomic mass is 9.92. The molecular formula is C38H47ClN4O5. The molecule has 1 fully saturated rings. The minimum Gasteiger partial charge on any atom is -0.490 e. The van der Waals surface area contributed by atoms with Crippen LogP contribution in [0.1, 0.15) is 89.6 Å². The van der Waals surface area contributed by atoms with Crippen LogP contribution < -0.4 is 9.64 Å². The third-order valence-electron chi connectivity index (χ3n) is 9.40. The summed E-state index contributed by atoms with van der Waals surface area (Å²) in [6.45, 7) is 15.8. The molecule has 0 radical (unpaired) electrons. The monoisotopic (exact) mass is 674 g/mol. The number of aromatic nitrogens is 3. The number of hydrogen-bond donors (Lipinski definition) is 1. The van der Waals surface area contributed by atoms with Crippen LogP contribution in [0, 0.1) is 13.8 Å². The topological polar surface area (TPSA) is 98.4 Å². The molecule has 7 rings (SSSR count). The Bertz CT molecular complexity index is 1820. The van der Waals surface area contributed by atoms with Crippen LogP contribution in [-0.2, 0) is 14.3 Å². The van der Waals surface area contributed by atoms with E-state index in [1.165, 1.54) is 0 Å². The Balaban J connectivity index is 1.54. The Morgan fingerprint density at radius 2 is 1.83 bits per heavy atom. The molecule has 1 N–H and O–H groups in total. The van der Waals surface area contributed by atoms with E-state index >= 15 is 0 Å². The number of carboxylic acids is 1. The number of piperidine rings is 1. The van der Waals surface area contributed by atoms with Crippen LogP contribution in [0.25, 0.3) is 28.0 Å². The molecule has 1 saturated heterocycles. The van der Waals surface area contributed by atoms with Gasteiger partial charge in [-0.3, -0.25) is 0 Å². The summed E-state index contributed by atoms with van der Waals surface area (Å²) in [7, 11) is 0. The van der Waals surface area contributed by atoms with Gasteiger partial charge >= 0.3 is 5.97 Å². The first kappa shape index (κ1) is 34.2. The van der Waals surface area contributed by atoms with E-state index in [0.29, 0.717) is 47.4 Å². The van der Waals surface area contributed by atoms with Gasteiger partial charge in [0.2, 0.25) is 0 Å². The fourth-order valence-electron chi connectivity index (χ4n) is 6.75. The van der Waals surface area contributed by atoms with Crippen molar-refractivity contribution < 1.29 is 24.1 Å². The lowest BCUT2D eigenvalue weighted by molar-refractivity contribution is -0.160. The normalized spacial score (nSPS) is 21.2. The van der Waals surface area contributed by atoms with E-state index in [4.69, 9.17) is 35.9 Å². The maximum atomic E-state index is 12.8. The van der Waals surface area contributed by atoms with Crippen LogP contribution in [0.4, 0.5) is 5.82 Å². The van der Waals surface area contributed by atoms with Crippen LogP contribution >= 0.6 is 11.6 Å². The third kappa shape index (κ3) is 7.19. The van der Waals surface area contributed by atoms with Gasteiger partial charge in [0, 0.05) is 47.6 Å². The van der Waals surface area contributed by atoms with Gasteiger partial charge in [-0.1, -0.05) is 29.8 Å². The highest BCUT2D eigenvalue weighted by atomic mass is 35.5. The van der Waals surface area contributed by atoms with E-state index in [0.717, 1.165) is 65.8 Å². The second-order valence-corrected chi connectivity index (χ2v) is 15.0. The average molecular weight is 675 g/mol. The van der Waals surface area contributed by atoms with Crippen LogP contribution in [0.3, 0.4) is 0 Å². The van der Waals surface area contributed by atoms with Gasteiger partial charge in [0.25, 0.3) is 0 Å². The Labute approximate surface area is 288 Å². The van der Waals surface area contributed by atoms with Crippen molar-refractivity contribution in [3.63, 3.8) is 0 Å². The van der Waals surface area contributed by atoms with Gasteiger partial charge in [-0.05, 0) is 110 Å².